The second kappa shape index (κ2) is 1.97. The maximum atomic E-state index is 10.8. The van der Waals surface area contributed by atoms with E-state index in [0.717, 1.165) is 12.8 Å². The summed E-state index contributed by atoms with van der Waals surface area (Å²) in [6.45, 7) is 0. The molecular weight excluding hydrogens is 120 g/mol. The molecule has 3 N–H and O–H groups in total. The Balaban J connectivity index is 2.49. The average Bonchev–Trinajstić information content (AvgIpc) is 2.66. The SMILES string of the molecule is COC(=O)C1(NN)CC1. The number of methoxy groups -OCH3 is 1. The highest BCUT2D eigenvalue weighted by molar-refractivity contribution is 5.83. The lowest BCUT2D eigenvalue weighted by atomic mass is 10.3. The molecule has 0 aromatic heterocycles. The van der Waals surface area contributed by atoms with Gasteiger partial charge in [0.05, 0.1) is 7.11 Å². The Hall–Kier alpha value is -0.610. The van der Waals surface area contributed by atoms with Crippen molar-refractivity contribution in [1.82, 2.24) is 5.43 Å². The fourth-order valence-electron chi connectivity index (χ4n) is 0.728. The summed E-state index contributed by atoms with van der Waals surface area (Å²) in [6.07, 6.45) is 1.58. The van der Waals surface area contributed by atoms with Gasteiger partial charge < -0.3 is 4.74 Å². The molecule has 1 aliphatic rings. The van der Waals surface area contributed by atoms with Crippen molar-refractivity contribution >= 4 is 5.97 Å². The molecule has 9 heavy (non-hydrogen) atoms. The molecule has 0 aliphatic heterocycles. The number of nitrogens with one attached hydrogen (secondary N) is 1. The number of hydrogen-bond donors (Lipinski definition) is 2. The third kappa shape index (κ3) is 0.906. The molecule has 0 atom stereocenters. The fourth-order valence-corrected chi connectivity index (χ4v) is 0.728. The van der Waals surface area contributed by atoms with Crippen molar-refractivity contribution in [2.45, 2.75) is 18.4 Å². The maximum Gasteiger partial charge on any atom is 0.327 e. The molecule has 1 aliphatic carbocycles. The number of carbonyl (C=O) groups is 1. The van der Waals surface area contributed by atoms with E-state index < -0.39 is 5.54 Å². The third-order valence-corrected chi connectivity index (χ3v) is 1.60. The summed E-state index contributed by atoms with van der Waals surface area (Å²) in [5.41, 5.74) is 1.90. The van der Waals surface area contributed by atoms with Crippen LogP contribution >= 0.6 is 0 Å². The topological polar surface area (TPSA) is 64.3 Å². The summed E-state index contributed by atoms with van der Waals surface area (Å²) >= 11 is 0. The molecule has 4 heteroatoms. The molecule has 0 heterocycles. The van der Waals surface area contributed by atoms with Crippen LogP contribution in [0.25, 0.3) is 0 Å². The summed E-state index contributed by atoms with van der Waals surface area (Å²) in [5.74, 6) is 4.84. The van der Waals surface area contributed by atoms with Crippen molar-refractivity contribution < 1.29 is 9.53 Å². The zero-order valence-electron chi connectivity index (χ0n) is 5.31. The van der Waals surface area contributed by atoms with Crippen LogP contribution in [0.2, 0.25) is 0 Å². The van der Waals surface area contributed by atoms with Gasteiger partial charge in [0.15, 0.2) is 0 Å². The molecule has 4 nitrogen and oxygen atoms in total. The minimum atomic E-state index is -0.533. The van der Waals surface area contributed by atoms with Gasteiger partial charge >= 0.3 is 5.97 Å². The molecule has 0 spiro atoms. The zero-order chi connectivity index (χ0) is 6.91. The smallest absolute Gasteiger partial charge is 0.327 e. The second-order valence-electron chi connectivity index (χ2n) is 2.22. The number of ether oxygens (including phenoxy) is 1. The van der Waals surface area contributed by atoms with Gasteiger partial charge in [-0.2, -0.15) is 0 Å². The van der Waals surface area contributed by atoms with Crippen molar-refractivity contribution in [2.75, 3.05) is 7.11 Å². The summed E-state index contributed by atoms with van der Waals surface area (Å²) in [6, 6.07) is 0. The van der Waals surface area contributed by atoms with Gasteiger partial charge in [-0.3, -0.25) is 10.6 Å². The van der Waals surface area contributed by atoms with Crippen LogP contribution in [-0.2, 0) is 9.53 Å². The standard InChI is InChI=1S/C5H10N2O2/c1-9-4(8)5(7-6)2-3-5/h7H,2-3,6H2,1H3. The Bertz CT molecular complexity index is 131. The van der Waals surface area contributed by atoms with Crippen molar-refractivity contribution in [3.63, 3.8) is 0 Å². The lowest BCUT2D eigenvalue weighted by Gasteiger charge is -2.08. The van der Waals surface area contributed by atoms with E-state index in [1.807, 2.05) is 0 Å². The first kappa shape index (κ1) is 6.51. The van der Waals surface area contributed by atoms with E-state index in [4.69, 9.17) is 5.84 Å². The highest BCUT2D eigenvalue weighted by Gasteiger charge is 2.50. The van der Waals surface area contributed by atoms with Crippen LogP contribution in [0.3, 0.4) is 0 Å². The lowest BCUT2D eigenvalue weighted by molar-refractivity contribution is -0.144. The Morgan fingerprint density at radius 2 is 2.33 bits per heavy atom. The molecule has 0 saturated heterocycles. The van der Waals surface area contributed by atoms with Crippen molar-refractivity contribution in [2.24, 2.45) is 5.84 Å². The van der Waals surface area contributed by atoms with Crippen molar-refractivity contribution in [3.8, 4) is 0 Å². The van der Waals surface area contributed by atoms with Gasteiger partial charge in [-0.15, -0.1) is 0 Å². The lowest BCUT2D eigenvalue weighted by Crippen LogP contribution is -2.44. The molecule has 0 aromatic carbocycles. The number of hydrogen-bond acceptors (Lipinski definition) is 4. The summed E-state index contributed by atoms with van der Waals surface area (Å²) in [4.78, 5) is 10.8. The molecule has 1 fully saturated rings. The summed E-state index contributed by atoms with van der Waals surface area (Å²) in [7, 11) is 1.36. The molecule has 0 bridgehead atoms. The van der Waals surface area contributed by atoms with Crippen LogP contribution in [-0.4, -0.2) is 18.6 Å². The number of rotatable bonds is 2. The van der Waals surface area contributed by atoms with Gasteiger partial charge in [0.25, 0.3) is 0 Å². The highest BCUT2D eigenvalue weighted by Crippen LogP contribution is 2.35. The molecule has 0 aromatic rings. The molecule has 0 radical (unpaired) electrons. The van der Waals surface area contributed by atoms with Gasteiger partial charge in [0.2, 0.25) is 0 Å². The molecule has 1 saturated carbocycles. The first-order valence-corrected chi connectivity index (χ1v) is 2.81. The van der Waals surface area contributed by atoms with Gasteiger partial charge in [-0.25, -0.2) is 5.43 Å². The molecule has 1 rings (SSSR count). The number of hydrazine groups is 1. The zero-order valence-corrected chi connectivity index (χ0v) is 5.31. The fraction of sp³-hybridized carbons (Fsp3) is 0.800. The molecule has 0 unspecified atom stereocenters. The molecule has 52 valence electrons. The predicted molar refractivity (Wildman–Crippen MR) is 31.3 cm³/mol. The van der Waals surface area contributed by atoms with Crippen LogP contribution in [0.5, 0.6) is 0 Å². The van der Waals surface area contributed by atoms with E-state index in [0.29, 0.717) is 0 Å². The van der Waals surface area contributed by atoms with E-state index in [2.05, 4.69) is 10.2 Å². The maximum absolute atomic E-state index is 10.8. The van der Waals surface area contributed by atoms with Crippen LogP contribution in [0.4, 0.5) is 0 Å². The second-order valence-corrected chi connectivity index (χ2v) is 2.22. The largest absolute Gasteiger partial charge is 0.468 e. The number of esters is 1. The van der Waals surface area contributed by atoms with Crippen LogP contribution in [0.1, 0.15) is 12.8 Å². The first-order valence-electron chi connectivity index (χ1n) is 2.81. The third-order valence-electron chi connectivity index (χ3n) is 1.60. The Morgan fingerprint density at radius 1 is 1.78 bits per heavy atom. The Morgan fingerprint density at radius 3 is 2.44 bits per heavy atom. The monoisotopic (exact) mass is 130 g/mol. The minimum absolute atomic E-state index is 0.259. The summed E-state index contributed by atoms with van der Waals surface area (Å²) < 4.78 is 4.49. The number of nitrogens with two attached hydrogens (primary N) is 1. The van der Waals surface area contributed by atoms with Gasteiger partial charge in [0.1, 0.15) is 5.54 Å². The minimum Gasteiger partial charge on any atom is -0.468 e. The van der Waals surface area contributed by atoms with Gasteiger partial charge in [0, 0.05) is 0 Å². The van der Waals surface area contributed by atoms with E-state index in [1.165, 1.54) is 7.11 Å². The predicted octanol–water partition coefficient (Wildman–Crippen LogP) is -0.845. The van der Waals surface area contributed by atoms with Crippen molar-refractivity contribution in [1.29, 1.82) is 0 Å². The Kier molecular flexibility index (Phi) is 1.42. The average molecular weight is 130 g/mol. The van der Waals surface area contributed by atoms with E-state index in [1.54, 1.807) is 0 Å². The normalized spacial score (nSPS) is 21.1. The van der Waals surface area contributed by atoms with Crippen LogP contribution < -0.4 is 11.3 Å². The van der Waals surface area contributed by atoms with Gasteiger partial charge in [-0.1, -0.05) is 0 Å². The van der Waals surface area contributed by atoms with Crippen LogP contribution in [0.15, 0.2) is 0 Å². The van der Waals surface area contributed by atoms with Crippen molar-refractivity contribution in [3.05, 3.63) is 0 Å². The van der Waals surface area contributed by atoms with E-state index >= 15 is 0 Å². The molecular formula is C5H10N2O2. The highest BCUT2D eigenvalue weighted by atomic mass is 16.5. The van der Waals surface area contributed by atoms with Gasteiger partial charge in [-0.05, 0) is 12.8 Å². The molecule has 0 amide bonds. The summed E-state index contributed by atoms with van der Waals surface area (Å²) in [5, 5.41) is 0. The number of carbonyl (C=O) groups excluding carboxylic acids is 1. The van der Waals surface area contributed by atoms with E-state index in [-0.39, 0.29) is 5.97 Å². The quantitative estimate of drug-likeness (QED) is 0.290. The van der Waals surface area contributed by atoms with Crippen LogP contribution in [0, 0.1) is 0 Å². The Labute approximate surface area is 53.3 Å². The first-order chi connectivity index (χ1) is 4.25. The van der Waals surface area contributed by atoms with E-state index in [9.17, 15) is 4.79 Å².